The first-order valence-electron chi connectivity index (χ1n) is 6.67. The highest BCUT2D eigenvalue weighted by molar-refractivity contribution is 5.81. The summed E-state index contributed by atoms with van der Waals surface area (Å²) < 4.78 is 0. The third-order valence-corrected chi connectivity index (χ3v) is 2.82. The van der Waals surface area contributed by atoms with Crippen LogP contribution in [-0.4, -0.2) is 18.0 Å². The first-order valence-corrected chi connectivity index (χ1v) is 6.67. The van der Waals surface area contributed by atoms with E-state index in [1.54, 1.807) is 0 Å². The Bertz CT molecular complexity index is 183. The van der Waals surface area contributed by atoms with Crippen LogP contribution in [0.25, 0.3) is 0 Å². The first-order chi connectivity index (χ1) is 7.61. The van der Waals surface area contributed by atoms with Gasteiger partial charge in [0, 0.05) is 6.04 Å². The average Bonchev–Trinajstić information content (AvgIpc) is 2.24. The van der Waals surface area contributed by atoms with Crippen molar-refractivity contribution >= 4 is 5.91 Å². The number of hydrogen-bond acceptors (Lipinski definition) is 2. The number of carbonyl (C=O) groups is 1. The Morgan fingerprint density at radius 2 is 1.81 bits per heavy atom. The molecule has 0 aliphatic rings. The van der Waals surface area contributed by atoms with Gasteiger partial charge in [-0.1, -0.05) is 46.0 Å². The van der Waals surface area contributed by atoms with Gasteiger partial charge in [0.15, 0.2) is 0 Å². The maximum Gasteiger partial charge on any atom is 0.237 e. The second-order valence-electron chi connectivity index (χ2n) is 4.65. The van der Waals surface area contributed by atoms with Crippen LogP contribution in [0.15, 0.2) is 0 Å². The van der Waals surface area contributed by atoms with Crippen molar-refractivity contribution in [2.45, 2.75) is 77.8 Å². The van der Waals surface area contributed by atoms with Gasteiger partial charge < -0.3 is 11.1 Å². The highest BCUT2D eigenvalue weighted by Crippen LogP contribution is 2.05. The smallest absolute Gasteiger partial charge is 0.237 e. The predicted molar refractivity (Wildman–Crippen MR) is 69.2 cm³/mol. The Morgan fingerprint density at radius 3 is 2.38 bits per heavy atom. The summed E-state index contributed by atoms with van der Waals surface area (Å²) in [4.78, 5) is 11.6. The molecule has 3 N–H and O–H groups in total. The lowest BCUT2D eigenvalue weighted by Gasteiger charge is -2.17. The molecule has 16 heavy (non-hydrogen) atoms. The van der Waals surface area contributed by atoms with Crippen LogP contribution in [0.3, 0.4) is 0 Å². The van der Waals surface area contributed by atoms with Crippen molar-refractivity contribution in [2.75, 3.05) is 0 Å². The molecule has 0 aromatic rings. The number of nitrogens with two attached hydrogens (primary N) is 1. The molecule has 0 aliphatic carbocycles. The number of nitrogens with one attached hydrogen (secondary N) is 1. The van der Waals surface area contributed by atoms with Gasteiger partial charge in [-0.25, -0.2) is 0 Å². The summed E-state index contributed by atoms with van der Waals surface area (Å²) in [5.74, 6) is 0.00448. The summed E-state index contributed by atoms with van der Waals surface area (Å²) in [6.07, 6.45) is 7.78. The standard InChI is InChI=1S/C13H28N2O/c1-4-6-7-8-10-11(3)15-13(16)12(14)9-5-2/h11-12H,4-10,14H2,1-3H3,(H,15,16)/t11?,12-/m1/s1. The van der Waals surface area contributed by atoms with E-state index < -0.39 is 0 Å². The van der Waals surface area contributed by atoms with E-state index in [9.17, 15) is 4.79 Å². The van der Waals surface area contributed by atoms with Gasteiger partial charge in [-0.15, -0.1) is 0 Å². The maximum atomic E-state index is 11.6. The van der Waals surface area contributed by atoms with Crippen molar-refractivity contribution in [3.8, 4) is 0 Å². The lowest BCUT2D eigenvalue weighted by molar-refractivity contribution is -0.123. The van der Waals surface area contributed by atoms with Crippen molar-refractivity contribution < 1.29 is 4.79 Å². The van der Waals surface area contributed by atoms with Crippen LogP contribution >= 0.6 is 0 Å². The molecule has 0 spiro atoms. The minimum absolute atomic E-state index is 0.00448. The molecule has 0 aromatic carbocycles. The third-order valence-electron chi connectivity index (χ3n) is 2.82. The number of unbranched alkanes of at least 4 members (excludes halogenated alkanes) is 3. The van der Waals surface area contributed by atoms with Crippen molar-refractivity contribution in [1.29, 1.82) is 0 Å². The van der Waals surface area contributed by atoms with E-state index in [0.29, 0.717) is 0 Å². The van der Waals surface area contributed by atoms with E-state index in [-0.39, 0.29) is 18.0 Å². The quantitative estimate of drug-likeness (QED) is 0.596. The largest absolute Gasteiger partial charge is 0.352 e. The Balaban J connectivity index is 3.61. The van der Waals surface area contributed by atoms with Gasteiger partial charge >= 0.3 is 0 Å². The predicted octanol–water partition coefficient (Wildman–Crippen LogP) is 2.59. The molecule has 0 saturated heterocycles. The van der Waals surface area contributed by atoms with Gasteiger partial charge in [-0.3, -0.25) is 4.79 Å². The van der Waals surface area contributed by atoms with Gasteiger partial charge in [0.25, 0.3) is 0 Å². The molecule has 1 unspecified atom stereocenters. The summed E-state index contributed by atoms with van der Waals surface area (Å²) in [6, 6.07) is -0.0737. The van der Waals surface area contributed by atoms with E-state index in [2.05, 4.69) is 19.2 Å². The van der Waals surface area contributed by atoms with Crippen molar-refractivity contribution in [3.05, 3.63) is 0 Å². The third kappa shape index (κ3) is 7.69. The molecular formula is C13H28N2O. The Morgan fingerprint density at radius 1 is 1.12 bits per heavy atom. The summed E-state index contributed by atoms with van der Waals surface area (Å²) >= 11 is 0. The Labute approximate surface area is 100 Å². The SMILES string of the molecule is CCCCCCC(C)NC(=O)[C@H](N)CCC. The molecule has 3 nitrogen and oxygen atoms in total. The molecule has 0 radical (unpaired) electrons. The van der Waals surface area contributed by atoms with Crippen LogP contribution in [0.5, 0.6) is 0 Å². The summed E-state index contributed by atoms with van der Waals surface area (Å²) in [6.45, 7) is 6.30. The molecule has 0 aliphatic heterocycles. The zero-order valence-corrected chi connectivity index (χ0v) is 11.1. The van der Waals surface area contributed by atoms with Gasteiger partial charge in [-0.05, 0) is 19.8 Å². The summed E-state index contributed by atoms with van der Waals surface area (Å²) in [7, 11) is 0. The van der Waals surface area contributed by atoms with Crippen LogP contribution < -0.4 is 11.1 Å². The van der Waals surface area contributed by atoms with Crippen LogP contribution in [0.2, 0.25) is 0 Å². The molecule has 2 atom stereocenters. The highest BCUT2D eigenvalue weighted by Gasteiger charge is 2.14. The molecule has 0 fully saturated rings. The van der Waals surface area contributed by atoms with Crippen LogP contribution in [0.1, 0.15) is 65.7 Å². The topological polar surface area (TPSA) is 55.1 Å². The number of hydrogen-bond donors (Lipinski definition) is 2. The van der Waals surface area contributed by atoms with Crippen molar-refractivity contribution in [3.63, 3.8) is 0 Å². The molecule has 0 aromatic heterocycles. The van der Waals surface area contributed by atoms with Gasteiger partial charge in [0.1, 0.15) is 0 Å². The zero-order valence-electron chi connectivity index (χ0n) is 11.1. The fourth-order valence-electron chi connectivity index (χ4n) is 1.74. The normalized spacial score (nSPS) is 14.5. The average molecular weight is 228 g/mol. The Hall–Kier alpha value is -0.570. The van der Waals surface area contributed by atoms with Gasteiger partial charge in [0.2, 0.25) is 5.91 Å². The molecule has 0 bridgehead atoms. The van der Waals surface area contributed by atoms with E-state index in [1.807, 2.05) is 6.92 Å². The van der Waals surface area contributed by atoms with E-state index in [0.717, 1.165) is 19.3 Å². The summed E-state index contributed by atoms with van der Waals surface area (Å²) in [5, 5.41) is 2.98. The highest BCUT2D eigenvalue weighted by atomic mass is 16.2. The second-order valence-corrected chi connectivity index (χ2v) is 4.65. The zero-order chi connectivity index (χ0) is 12.4. The van der Waals surface area contributed by atoms with E-state index in [1.165, 1.54) is 25.7 Å². The maximum absolute atomic E-state index is 11.6. The molecular weight excluding hydrogens is 200 g/mol. The number of amides is 1. The first kappa shape index (κ1) is 15.4. The lowest BCUT2D eigenvalue weighted by atomic mass is 10.1. The monoisotopic (exact) mass is 228 g/mol. The Kier molecular flexibility index (Phi) is 9.30. The molecule has 1 amide bonds. The fraction of sp³-hybridized carbons (Fsp3) is 0.923. The molecule has 0 rings (SSSR count). The van der Waals surface area contributed by atoms with Gasteiger partial charge in [-0.2, -0.15) is 0 Å². The second kappa shape index (κ2) is 9.64. The van der Waals surface area contributed by atoms with Crippen molar-refractivity contribution in [2.24, 2.45) is 5.73 Å². The van der Waals surface area contributed by atoms with Crippen LogP contribution in [-0.2, 0) is 4.79 Å². The number of rotatable bonds is 9. The number of carbonyl (C=O) groups excluding carboxylic acids is 1. The van der Waals surface area contributed by atoms with Crippen molar-refractivity contribution in [1.82, 2.24) is 5.32 Å². The minimum atomic E-state index is -0.330. The molecule has 3 heteroatoms. The molecule has 96 valence electrons. The molecule has 0 heterocycles. The van der Waals surface area contributed by atoms with Gasteiger partial charge in [0.05, 0.1) is 6.04 Å². The fourth-order valence-corrected chi connectivity index (χ4v) is 1.74. The van der Waals surface area contributed by atoms with Crippen LogP contribution in [0, 0.1) is 0 Å². The van der Waals surface area contributed by atoms with E-state index in [4.69, 9.17) is 5.73 Å². The van der Waals surface area contributed by atoms with E-state index >= 15 is 0 Å². The lowest BCUT2D eigenvalue weighted by Crippen LogP contribution is -2.44. The molecule has 0 saturated carbocycles. The minimum Gasteiger partial charge on any atom is -0.352 e. The van der Waals surface area contributed by atoms with Crippen LogP contribution in [0.4, 0.5) is 0 Å². The summed E-state index contributed by atoms with van der Waals surface area (Å²) in [5.41, 5.74) is 5.74.